The summed E-state index contributed by atoms with van der Waals surface area (Å²) < 4.78 is 5.62. The molecule has 0 atom stereocenters. The van der Waals surface area contributed by atoms with Crippen molar-refractivity contribution in [1.29, 1.82) is 0 Å². The van der Waals surface area contributed by atoms with Crippen molar-refractivity contribution in [1.82, 2.24) is 0 Å². The largest absolute Gasteiger partial charge is 0.493 e. The molecule has 0 saturated heterocycles. The van der Waals surface area contributed by atoms with E-state index in [1.165, 1.54) is 4.90 Å². The summed E-state index contributed by atoms with van der Waals surface area (Å²) >= 11 is 1.75. The van der Waals surface area contributed by atoms with Crippen molar-refractivity contribution in [2.24, 2.45) is 0 Å². The fourth-order valence-corrected chi connectivity index (χ4v) is 2.47. The number of hydrogen-bond donors (Lipinski definition) is 1. The standard InChI is InChI=1S/C16H16O3S/c17-16(18)12-13-6-8-14(9-7-13)19-10-11-20-15-4-2-1-3-5-15/h1-9H,10-12H2,(H,17,18). The van der Waals surface area contributed by atoms with Crippen molar-refractivity contribution in [2.45, 2.75) is 11.3 Å². The van der Waals surface area contributed by atoms with Gasteiger partial charge in [-0.2, -0.15) is 0 Å². The predicted octanol–water partition coefficient (Wildman–Crippen LogP) is 3.48. The molecule has 3 nitrogen and oxygen atoms in total. The van der Waals surface area contributed by atoms with Gasteiger partial charge in [0.15, 0.2) is 0 Å². The third kappa shape index (κ3) is 4.97. The molecule has 20 heavy (non-hydrogen) atoms. The van der Waals surface area contributed by atoms with Crippen LogP contribution in [0, 0.1) is 0 Å². The van der Waals surface area contributed by atoms with Gasteiger partial charge >= 0.3 is 5.97 Å². The molecule has 2 aromatic rings. The Morgan fingerprint density at radius 3 is 2.40 bits per heavy atom. The molecule has 0 aliphatic rings. The topological polar surface area (TPSA) is 46.5 Å². The molecule has 0 aromatic heterocycles. The third-order valence-electron chi connectivity index (χ3n) is 2.64. The van der Waals surface area contributed by atoms with Gasteiger partial charge < -0.3 is 9.84 Å². The first-order valence-electron chi connectivity index (χ1n) is 6.35. The highest BCUT2D eigenvalue weighted by Gasteiger charge is 2.01. The highest BCUT2D eigenvalue weighted by atomic mass is 32.2. The summed E-state index contributed by atoms with van der Waals surface area (Å²) in [5, 5.41) is 8.68. The van der Waals surface area contributed by atoms with E-state index in [1.54, 1.807) is 23.9 Å². The summed E-state index contributed by atoms with van der Waals surface area (Å²) in [4.78, 5) is 11.8. The van der Waals surface area contributed by atoms with Crippen LogP contribution in [0.25, 0.3) is 0 Å². The molecule has 1 N–H and O–H groups in total. The molecule has 0 spiro atoms. The number of hydrogen-bond acceptors (Lipinski definition) is 3. The molecule has 0 radical (unpaired) electrons. The monoisotopic (exact) mass is 288 g/mol. The Bertz CT molecular complexity index is 537. The van der Waals surface area contributed by atoms with Crippen molar-refractivity contribution >= 4 is 17.7 Å². The normalized spacial score (nSPS) is 10.2. The number of carbonyl (C=O) groups is 1. The summed E-state index contributed by atoms with van der Waals surface area (Å²) in [6.45, 7) is 0.623. The van der Waals surface area contributed by atoms with Crippen LogP contribution in [-0.4, -0.2) is 23.4 Å². The van der Waals surface area contributed by atoms with Gasteiger partial charge in [0.1, 0.15) is 5.75 Å². The minimum atomic E-state index is -0.821. The van der Waals surface area contributed by atoms with Gasteiger partial charge in [-0.05, 0) is 29.8 Å². The molecule has 0 amide bonds. The smallest absolute Gasteiger partial charge is 0.307 e. The van der Waals surface area contributed by atoms with Gasteiger partial charge in [-0.3, -0.25) is 4.79 Å². The van der Waals surface area contributed by atoms with Crippen LogP contribution in [0.2, 0.25) is 0 Å². The SMILES string of the molecule is O=C(O)Cc1ccc(OCCSc2ccccc2)cc1. The molecule has 0 aliphatic carbocycles. The molecule has 0 unspecified atom stereocenters. The summed E-state index contributed by atoms with van der Waals surface area (Å²) in [6.07, 6.45) is 0.0458. The second kappa shape index (κ2) is 7.60. The number of benzene rings is 2. The first kappa shape index (κ1) is 14.5. The number of carboxylic acids is 1. The van der Waals surface area contributed by atoms with E-state index >= 15 is 0 Å². The van der Waals surface area contributed by atoms with Gasteiger partial charge in [0.2, 0.25) is 0 Å². The van der Waals surface area contributed by atoms with E-state index in [4.69, 9.17) is 9.84 Å². The first-order valence-corrected chi connectivity index (χ1v) is 7.34. The van der Waals surface area contributed by atoms with Crippen LogP contribution in [0.15, 0.2) is 59.5 Å². The van der Waals surface area contributed by atoms with Crippen LogP contribution in [0.3, 0.4) is 0 Å². The second-order valence-corrected chi connectivity index (χ2v) is 5.39. The highest BCUT2D eigenvalue weighted by molar-refractivity contribution is 7.99. The Labute approximate surface area is 122 Å². The van der Waals surface area contributed by atoms with Crippen LogP contribution in [0.4, 0.5) is 0 Å². The minimum absolute atomic E-state index is 0.0458. The fourth-order valence-electron chi connectivity index (χ4n) is 1.71. The van der Waals surface area contributed by atoms with Gasteiger partial charge in [-0.15, -0.1) is 11.8 Å². The number of aliphatic carboxylic acids is 1. The lowest BCUT2D eigenvalue weighted by Crippen LogP contribution is -2.02. The van der Waals surface area contributed by atoms with Crippen LogP contribution >= 0.6 is 11.8 Å². The van der Waals surface area contributed by atoms with Crippen molar-refractivity contribution < 1.29 is 14.6 Å². The van der Waals surface area contributed by atoms with Gasteiger partial charge in [0.25, 0.3) is 0 Å². The summed E-state index contributed by atoms with van der Waals surface area (Å²) in [5.74, 6) is 0.826. The molecule has 0 heterocycles. The maximum atomic E-state index is 10.6. The van der Waals surface area contributed by atoms with Crippen LogP contribution in [0.5, 0.6) is 5.75 Å². The third-order valence-corrected chi connectivity index (χ3v) is 3.62. The molecule has 0 fully saturated rings. The van der Waals surface area contributed by atoms with E-state index in [9.17, 15) is 4.79 Å². The Morgan fingerprint density at radius 1 is 1.05 bits per heavy atom. The molecule has 2 aromatic carbocycles. The van der Waals surface area contributed by atoms with Crippen molar-refractivity contribution in [2.75, 3.05) is 12.4 Å². The number of rotatable bonds is 7. The van der Waals surface area contributed by atoms with E-state index < -0.39 is 5.97 Å². The first-order chi connectivity index (χ1) is 9.74. The average Bonchev–Trinajstić information content (AvgIpc) is 2.46. The van der Waals surface area contributed by atoms with Gasteiger partial charge in [-0.1, -0.05) is 30.3 Å². The van der Waals surface area contributed by atoms with E-state index in [0.717, 1.165) is 17.1 Å². The van der Waals surface area contributed by atoms with Crippen molar-refractivity contribution in [3.8, 4) is 5.75 Å². The van der Waals surface area contributed by atoms with Crippen molar-refractivity contribution in [3.63, 3.8) is 0 Å². The predicted molar refractivity (Wildman–Crippen MR) is 80.4 cm³/mol. The molecule has 104 valence electrons. The van der Waals surface area contributed by atoms with Crippen LogP contribution in [-0.2, 0) is 11.2 Å². The minimum Gasteiger partial charge on any atom is -0.493 e. The van der Waals surface area contributed by atoms with Gasteiger partial charge in [0.05, 0.1) is 13.0 Å². The van der Waals surface area contributed by atoms with E-state index in [0.29, 0.717) is 6.61 Å². The lowest BCUT2D eigenvalue weighted by atomic mass is 10.1. The highest BCUT2D eigenvalue weighted by Crippen LogP contribution is 2.18. The maximum Gasteiger partial charge on any atom is 0.307 e. The second-order valence-electron chi connectivity index (χ2n) is 4.22. The number of thioether (sulfide) groups is 1. The van der Waals surface area contributed by atoms with E-state index in [2.05, 4.69) is 12.1 Å². The van der Waals surface area contributed by atoms with E-state index in [-0.39, 0.29) is 6.42 Å². The zero-order valence-electron chi connectivity index (χ0n) is 11.0. The number of ether oxygens (including phenoxy) is 1. The zero-order valence-corrected chi connectivity index (χ0v) is 11.8. The van der Waals surface area contributed by atoms with Crippen LogP contribution in [0.1, 0.15) is 5.56 Å². The lowest BCUT2D eigenvalue weighted by Gasteiger charge is -2.06. The van der Waals surface area contributed by atoms with Crippen LogP contribution < -0.4 is 4.74 Å². The molecule has 4 heteroatoms. The molecule has 0 bridgehead atoms. The maximum absolute atomic E-state index is 10.6. The van der Waals surface area contributed by atoms with Gasteiger partial charge in [0, 0.05) is 10.6 Å². The van der Waals surface area contributed by atoms with E-state index in [1.807, 2.05) is 30.3 Å². The average molecular weight is 288 g/mol. The lowest BCUT2D eigenvalue weighted by molar-refractivity contribution is -0.136. The fraction of sp³-hybridized carbons (Fsp3) is 0.188. The Balaban J connectivity index is 1.73. The zero-order chi connectivity index (χ0) is 14.2. The molecular weight excluding hydrogens is 272 g/mol. The molecule has 2 rings (SSSR count). The molecule has 0 aliphatic heterocycles. The quantitative estimate of drug-likeness (QED) is 0.626. The Kier molecular flexibility index (Phi) is 5.50. The Morgan fingerprint density at radius 2 is 1.75 bits per heavy atom. The van der Waals surface area contributed by atoms with Crippen molar-refractivity contribution in [3.05, 3.63) is 60.2 Å². The summed E-state index contributed by atoms with van der Waals surface area (Å²) in [7, 11) is 0. The molecule has 0 saturated carbocycles. The summed E-state index contributed by atoms with van der Waals surface area (Å²) in [6, 6.07) is 17.4. The Hall–Kier alpha value is -1.94. The molecular formula is C16H16O3S. The number of carboxylic acid groups (broad SMARTS) is 1. The summed E-state index contributed by atoms with van der Waals surface area (Å²) in [5.41, 5.74) is 0.781. The van der Waals surface area contributed by atoms with Gasteiger partial charge in [-0.25, -0.2) is 0 Å².